The van der Waals surface area contributed by atoms with Crippen molar-refractivity contribution in [3.05, 3.63) is 58.9 Å². The van der Waals surface area contributed by atoms with Crippen molar-refractivity contribution < 1.29 is 14.3 Å². The summed E-state index contributed by atoms with van der Waals surface area (Å²) in [5.41, 5.74) is 3.81. The molecule has 2 heterocycles. The number of hydrogen-bond donors (Lipinski definition) is 0. The standard InChI is InChI=1S/C21H25N3O3/c1-15-6-7-16(2)20(17(15)3)27-14-19(25)23-9-11-24(12-10-23)21(26)18-5-4-8-22-13-18/h4-8,13H,9-12,14H2,1-3H3. The molecule has 0 N–H and O–H groups in total. The molecule has 0 aliphatic carbocycles. The van der Waals surface area contributed by atoms with Crippen molar-refractivity contribution in [1.82, 2.24) is 14.8 Å². The van der Waals surface area contributed by atoms with E-state index in [2.05, 4.69) is 11.1 Å². The van der Waals surface area contributed by atoms with Crippen LogP contribution in [0.4, 0.5) is 0 Å². The van der Waals surface area contributed by atoms with Crippen LogP contribution in [0.2, 0.25) is 0 Å². The van der Waals surface area contributed by atoms with Crippen molar-refractivity contribution >= 4 is 11.8 Å². The third-order valence-electron chi connectivity index (χ3n) is 5.04. The summed E-state index contributed by atoms with van der Waals surface area (Å²) in [7, 11) is 0. The van der Waals surface area contributed by atoms with Gasteiger partial charge in [-0.1, -0.05) is 12.1 Å². The summed E-state index contributed by atoms with van der Waals surface area (Å²) >= 11 is 0. The van der Waals surface area contributed by atoms with Gasteiger partial charge in [-0.15, -0.1) is 0 Å². The van der Waals surface area contributed by atoms with E-state index in [1.54, 1.807) is 34.3 Å². The third-order valence-corrected chi connectivity index (χ3v) is 5.04. The molecular formula is C21H25N3O3. The molecule has 1 fully saturated rings. The van der Waals surface area contributed by atoms with Crippen LogP contribution in [0.5, 0.6) is 5.75 Å². The van der Waals surface area contributed by atoms with Crippen LogP contribution >= 0.6 is 0 Å². The highest BCUT2D eigenvalue weighted by Crippen LogP contribution is 2.25. The van der Waals surface area contributed by atoms with Gasteiger partial charge in [0.25, 0.3) is 11.8 Å². The van der Waals surface area contributed by atoms with Gasteiger partial charge in [-0.2, -0.15) is 0 Å². The zero-order chi connectivity index (χ0) is 19.4. The fraction of sp³-hybridized carbons (Fsp3) is 0.381. The minimum absolute atomic E-state index is 0.0156. The van der Waals surface area contributed by atoms with E-state index in [4.69, 9.17) is 4.74 Å². The topological polar surface area (TPSA) is 62.7 Å². The molecule has 1 aromatic heterocycles. The second-order valence-electron chi connectivity index (χ2n) is 6.86. The lowest BCUT2D eigenvalue weighted by Crippen LogP contribution is -2.51. The van der Waals surface area contributed by atoms with E-state index in [-0.39, 0.29) is 18.4 Å². The molecule has 0 atom stereocenters. The van der Waals surface area contributed by atoms with E-state index in [0.29, 0.717) is 31.7 Å². The van der Waals surface area contributed by atoms with Gasteiger partial charge >= 0.3 is 0 Å². The number of nitrogens with zero attached hydrogens (tertiary/aromatic N) is 3. The highest BCUT2D eigenvalue weighted by Gasteiger charge is 2.25. The predicted molar refractivity (Wildman–Crippen MR) is 103 cm³/mol. The Balaban J connectivity index is 1.53. The molecule has 1 saturated heterocycles. The fourth-order valence-electron chi connectivity index (χ4n) is 3.20. The van der Waals surface area contributed by atoms with Crippen molar-refractivity contribution in [2.75, 3.05) is 32.8 Å². The van der Waals surface area contributed by atoms with Crippen LogP contribution in [0.3, 0.4) is 0 Å². The fourth-order valence-corrected chi connectivity index (χ4v) is 3.20. The number of hydrogen-bond acceptors (Lipinski definition) is 4. The minimum Gasteiger partial charge on any atom is -0.483 e. The second kappa shape index (κ2) is 8.20. The smallest absolute Gasteiger partial charge is 0.260 e. The summed E-state index contributed by atoms with van der Waals surface area (Å²) in [6, 6.07) is 7.57. The van der Waals surface area contributed by atoms with E-state index in [1.165, 1.54) is 0 Å². The van der Waals surface area contributed by atoms with Gasteiger partial charge in [0.2, 0.25) is 0 Å². The molecule has 0 unspecified atom stereocenters. The Morgan fingerprint density at radius 2 is 1.67 bits per heavy atom. The van der Waals surface area contributed by atoms with Crippen molar-refractivity contribution in [3.63, 3.8) is 0 Å². The number of benzene rings is 1. The Hall–Kier alpha value is -2.89. The molecule has 2 aromatic rings. The first-order valence-electron chi connectivity index (χ1n) is 9.14. The van der Waals surface area contributed by atoms with E-state index in [0.717, 1.165) is 22.4 Å². The van der Waals surface area contributed by atoms with Crippen LogP contribution in [0.25, 0.3) is 0 Å². The van der Waals surface area contributed by atoms with Crippen molar-refractivity contribution in [1.29, 1.82) is 0 Å². The van der Waals surface area contributed by atoms with Crippen LogP contribution in [-0.2, 0) is 4.79 Å². The summed E-state index contributed by atoms with van der Waals surface area (Å²) in [4.78, 5) is 32.5. The Morgan fingerprint density at radius 3 is 2.33 bits per heavy atom. The Labute approximate surface area is 159 Å². The Bertz CT molecular complexity index is 828. The largest absolute Gasteiger partial charge is 0.483 e. The molecule has 142 valence electrons. The third kappa shape index (κ3) is 4.27. The van der Waals surface area contributed by atoms with E-state index in [9.17, 15) is 9.59 Å². The first kappa shape index (κ1) is 18.9. The predicted octanol–water partition coefficient (Wildman–Crippen LogP) is 2.37. The van der Waals surface area contributed by atoms with Crippen molar-refractivity contribution in [3.8, 4) is 5.75 Å². The number of amides is 2. The number of piperazine rings is 1. The molecule has 1 aromatic carbocycles. The average molecular weight is 367 g/mol. The molecule has 0 radical (unpaired) electrons. The number of carbonyl (C=O) groups excluding carboxylic acids is 2. The number of rotatable bonds is 4. The molecule has 1 aliphatic heterocycles. The lowest BCUT2D eigenvalue weighted by molar-refractivity contribution is -0.134. The molecule has 0 spiro atoms. The maximum atomic E-state index is 12.5. The summed E-state index contributed by atoms with van der Waals surface area (Å²) in [5.74, 6) is 0.690. The number of carbonyl (C=O) groups is 2. The quantitative estimate of drug-likeness (QED) is 0.832. The highest BCUT2D eigenvalue weighted by molar-refractivity contribution is 5.94. The van der Waals surface area contributed by atoms with Gasteiger partial charge in [0.05, 0.1) is 5.56 Å². The van der Waals surface area contributed by atoms with Gasteiger partial charge in [-0.3, -0.25) is 14.6 Å². The zero-order valence-corrected chi connectivity index (χ0v) is 16.1. The van der Waals surface area contributed by atoms with Gasteiger partial charge in [0.1, 0.15) is 5.75 Å². The SMILES string of the molecule is Cc1ccc(C)c(OCC(=O)N2CCN(C(=O)c3cccnc3)CC2)c1C. The maximum absolute atomic E-state index is 12.5. The van der Waals surface area contributed by atoms with Gasteiger partial charge in [0, 0.05) is 38.6 Å². The first-order chi connectivity index (χ1) is 13.0. The van der Waals surface area contributed by atoms with Gasteiger partial charge in [0.15, 0.2) is 6.61 Å². The monoisotopic (exact) mass is 367 g/mol. The molecule has 0 saturated carbocycles. The van der Waals surface area contributed by atoms with E-state index < -0.39 is 0 Å². The van der Waals surface area contributed by atoms with E-state index >= 15 is 0 Å². The second-order valence-corrected chi connectivity index (χ2v) is 6.86. The number of aryl methyl sites for hydroxylation is 2. The van der Waals surface area contributed by atoms with Crippen LogP contribution in [0, 0.1) is 20.8 Å². The molecule has 0 bridgehead atoms. The number of aromatic nitrogens is 1. The molecule has 6 heteroatoms. The lowest BCUT2D eigenvalue weighted by Gasteiger charge is -2.34. The van der Waals surface area contributed by atoms with E-state index in [1.807, 2.05) is 26.8 Å². The van der Waals surface area contributed by atoms with Gasteiger partial charge in [-0.25, -0.2) is 0 Å². The molecule has 2 amide bonds. The Kier molecular flexibility index (Phi) is 5.74. The summed E-state index contributed by atoms with van der Waals surface area (Å²) in [6.07, 6.45) is 3.21. The lowest BCUT2D eigenvalue weighted by atomic mass is 10.1. The van der Waals surface area contributed by atoms with Crippen molar-refractivity contribution in [2.24, 2.45) is 0 Å². The molecule has 27 heavy (non-hydrogen) atoms. The molecule has 1 aliphatic rings. The van der Waals surface area contributed by atoms with Crippen LogP contribution in [0.1, 0.15) is 27.0 Å². The van der Waals surface area contributed by atoms with Gasteiger partial charge in [-0.05, 0) is 49.6 Å². The van der Waals surface area contributed by atoms with Crippen molar-refractivity contribution in [2.45, 2.75) is 20.8 Å². The normalized spacial score (nSPS) is 14.2. The highest BCUT2D eigenvalue weighted by atomic mass is 16.5. The maximum Gasteiger partial charge on any atom is 0.260 e. The first-order valence-corrected chi connectivity index (χ1v) is 9.14. The summed E-state index contributed by atoms with van der Waals surface area (Å²) in [5, 5.41) is 0. The number of pyridine rings is 1. The van der Waals surface area contributed by atoms with Crippen LogP contribution in [0.15, 0.2) is 36.7 Å². The molecular weight excluding hydrogens is 342 g/mol. The Morgan fingerprint density at radius 1 is 1.00 bits per heavy atom. The minimum atomic E-state index is -0.0521. The summed E-state index contributed by atoms with van der Waals surface area (Å²) < 4.78 is 5.83. The summed E-state index contributed by atoms with van der Waals surface area (Å²) in [6.45, 7) is 8.09. The number of ether oxygens (including phenoxy) is 1. The van der Waals surface area contributed by atoms with Gasteiger partial charge < -0.3 is 14.5 Å². The van der Waals surface area contributed by atoms with Crippen LogP contribution < -0.4 is 4.74 Å². The zero-order valence-electron chi connectivity index (χ0n) is 16.1. The average Bonchev–Trinajstić information content (AvgIpc) is 2.71. The molecule has 3 rings (SSSR count). The molecule has 6 nitrogen and oxygen atoms in total. The van der Waals surface area contributed by atoms with Crippen LogP contribution in [-0.4, -0.2) is 59.4 Å².